The summed E-state index contributed by atoms with van der Waals surface area (Å²) in [6.45, 7) is 14.3. The molecule has 0 nitrogen and oxygen atoms in total. The van der Waals surface area contributed by atoms with Crippen molar-refractivity contribution in [1.29, 1.82) is 0 Å². The average molecular weight is 113 g/mol. The second-order valence-corrected chi connectivity index (χ2v) is 8.06. The molecule has 0 spiro atoms. The van der Waals surface area contributed by atoms with Gasteiger partial charge in [0.25, 0.3) is 0 Å². The maximum Gasteiger partial charge on any atom is 0.0716 e. The van der Waals surface area contributed by atoms with Crippen molar-refractivity contribution in [2.24, 2.45) is 0 Å². The third kappa shape index (κ3) is 2.63. The lowest BCUT2D eigenvalue weighted by molar-refractivity contribution is 1.69. The minimum absolute atomic E-state index is 1.04. The van der Waals surface area contributed by atoms with Gasteiger partial charge >= 0.3 is 0 Å². The molecule has 0 unspecified atom stereocenters. The highest BCUT2D eigenvalue weighted by molar-refractivity contribution is 6.83. The molecule has 0 aromatic carbocycles. The third-order valence-corrected chi connectivity index (χ3v) is 3.18. The maximum absolute atomic E-state index is 3.78. The predicted octanol–water partition coefficient (Wildman–Crippen LogP) is 2.25. The first-order valence-corrected chi connectivity index (χ1v) is 5.96. The lowest BCUT2D eigenvalue weighted by atomic mass is 10.8. The van der Waals surface area contributed by atoms with Gasteiger partial charge in [0.05, 0.1) is 8.07 Å². The summed E-state index contributed by atoms with van der Waals surface area (Å²) >= 11 is 0. The molecule has 7 heavy (non-hydrogen) atoms. The van der Waals surface area contributed by atoms with Gasteiger partial charge in [0.1, 0.15) is 0 Å². The lowest BCUT2D eigenvalue weighted by Gasteiger charge is -2.13. The first-order valence-electron chi connectivity index (χ1n) is 2.46. The minimum Gasteiger partial charge on any atom is -0.104 e. The molecule has 0 aromatic heterocycles. The topological polar surface area (TPSA) is 0 Å². The van der Waals surface area contributed by atoms with Crippen molar-refractivity contribution in [2.45, 2.75) is 19.6 Å². The minimum atomic E-state index is -1.04. The molecular formula is C6H13Si. The molecule has 1 heteroatoms. The van der Waals surface area contributed by atoms with E-state index in [0.717, 1.165) is 5.20 Å². The number of hydrogen-bond acceptors (Lipinski definition) is 0. The molecule has 0 N–H and O–H groups in total. The van der Waals surface area contributed by atoms with Crippen molar-refractivity contribution < 1.29 is 0 Å². The molecule has 0 aliphatic heterocycles. The van der Waals surface area contributed by atoms with Crippen LogP contribution in [0.2, 0.25) is 19.6 Å². The Hall–Kier alpha value is -0.0431. The summed E-state index contributed by atoms with van der Waals surface area (Å²) in [6.07, 6.45) is 0. The summed E-state index contributed by atoms with van der Waals surface area (Å²) in [6, 6.07) is 0. The van der Waals surface area contributed by atoms with E-state index in [0.29, 0.717) is 0 Å². The average Bonchev–Trinajstić information content (AvgIpc) is 1.31. The number of rotatable bonds is 1. The molecule has 0 saturated carbocycles. The van der Waals surface area contributed by atoms with Crippen LogP contribution in [-0.4, -0.2) is 8.07 Å². The SMILES string of the molecule is [CH2]C(=C)[Si](C)(C)C. The highest BCUT2D eigenvalue weighted by Crippen LogP contribution is 2.09. The van der Waals surface area contributed by atoms with E-state index in [9.17, 15) is 0 Å². The standard InChI is InChI=1S/C6H13Si/c1-6(2)7(3,4)5/h1-2H2,3-5H3. The van der Waals surface area contributed by atoms with Crippen LogP contribution in [0.3, 0.4) is 0 Å². The highest BCUT2D eigenvalue weighted by atomic mass is 28.3. The van der Waals surface area contributed by atoms with Crippen molar-refractivity contribution in [3.8, 4) is 0 Å². The smallest absolute Gasteiger partial charge is 0.0716 e. The van der Waals surface area contributed by atoms with Crippen LogP contribution in [0.25, 0.3) is 0 Å². The molecule has 0 aromatic rings. The Kier molecular flexibility index (Phi) is 1.81. The first kappa shape index (κ1) is 6.96. The molecule has 1 radical (unpaired) electrons. The Morgan fingerprint density at radius 3 is 1.43 bits per heavy atom. The van der Waals surface area contributed by atoms with Crippen LogP contribution in [-0.2, 0) is 0 Å². The normalized spacial score (nSPS) is 11.4. The zero-order valence-electron chi connectivity index (χ0n) is 5.41. The zero-order valence-corrected chi connectivity index (χ0v) is 6.41. The molecule has 0 bridgehead atoms. The Bertz CT molecular complexity index is 76.7. The molecule has 0 aliphatic rings. The number of hydrogen-bond donors (Lipinski definition) is 0. The summed E-state index contributed by atoms with van der Waals surface area (Å²) in [4.78, 5) is 0. The Balaban J connectivity index is 3.79. The second kappa shape index (κ2) is 1.82. The molecule has 0 aliphatic carbocycles. The van der Waals surface area contributed by atoms with Gasteiger partial charge < -0.3 is 0 Å². The van der Waals surface area contributed by atoms with Gasteiger partial charge in [-0.25, -0.2) is 0 Å². The Morgan fingerprint density at radius 1 is 1.29 bits per heavy atom. The van der Waals surface area contributed by atoms with Crippen LogP contribution in [0.5, 0.6) is 0 Å². The van der Waals surface area contributed by atoms with E-state index in [4.69, 9.17) is 0 Å². The van der Waals surface area contributed by atoms with E-state index in [1.165, 1.54) is 0 Å². The second-order valence-electron chi connectivity index (χ2n) is 2.85. The van der Waals surface area contributed by atoms with Crippen molar-refractivity contribution in [3.05, 3.63) is 18.7 Å². The van der Waals surface area contributed by atoms with Crippen LogP contribution < -0.4 is 0 Å². The molecule has 0 heterocycles. The fourth-order valence-corrected chi connectivity index (χ4v) is 0. The van der Waals surface area contributed by atoms with Gasteiger partial charge in [0, 0.05) is 0 Å². The lowest BCUT2D eigenvalue weighted by Crippen LogP contribution is -2.20. The van der Waals surface area contributed by atoms with Gasteiger partial charge in [0.15, 0.2) is 0 Å². The van der Waals surface area contributed by atoms with E-state index in [-0.39, 0.29) is 0 Å². The van der Waals surface area contributed by atoms with Crippen molar-refractivity contribution in [3.63, 3.8) is 0 Å². The van der Waals surface area contributed by atoms with E-state index in [1.54, 1.807) is 0 Å². The van der Waals surface area contributed by atoms with Crippen LogP contribution >= 0.6 is 0 Å². The fourth-order valence-electron chi connectivity index (χ4n) is 0. The highest BCUT2D eigenvalue weighted by Gasteiger charge is 2.11. The summed E-state index contributed by atoms with van der Waals surface area (Å²) in [5, 5.41) is 1.13. The van der Waals surface area contributed by atoms with E-state index in [1.807, 2.05) is 0 Å². The van der Waals surface area contributed by atoms with Gasteiger partial charge in [-0.2, -0.15) is 0 Å². The molecule has 0 atom stereocenters. The van der Waals surface area contributed by atoms with E-state index < -0.39 is 8.07 Å². The molecule has 41 valence electrons. The first-order chi connectivity index (χ1) is 2.94. The molecule has 0 saturated heterocycles. The summed E-state index contributed by atoms with van der Waals surface area (Å²) < 4.78 is 0. The van der Waals surface area contributed by atoms with E-state index in [2.05, 4.69) is 33.1 Å². The predicted molar refractivity (Wildman–Crippen MR) is 37.8 cm³/mol. The molecule has 0 fully saturated rings. The quantitative estimate of drug-likeness (QED) is 0.457. The van der Waals surface area contributed by atoms with Gasteiger partial charge in [-0.3, -0.25) is 0 Å². The Morgan fingerprint density at radius 2 is 1.43 bits per heavy atom. The maximum atomic E-state index is 3.78. The summed E-state index contributed by atoms with van der Waals surface area (Å²) in [7, 11) is -1.04. The fraction of sp³-hybridized carbons (Fsp3) is 0.500. The van der Waals surface area contributed by atoms with Gasteiger partial charge in [-0.05, 0) is 6.92 Å². The van der Waals surface area contributed by atoms with Crippen LogP contribution in [0, 0.1) is 6.92 Å². The largest absolute Gasteiger partial charge is 0.104 e. The molecule has 0 rings (SSSR count). The van der Waals surface area contributed by atoms with Crippen molar-refractivity contribution >= 4 is 8.07 Å². The Labute approximate surface area is 47.3 Å². The van der Waals surface area contributed by atoms with Gasteiger partial charge in [-0.1, -0.05) is 24.8 Å². The van der Waals surface area contributed by atoms with Crippen molar-refractivity contribution in [2.75, 3.05) is 0 Å². The zero-order chi connectivity index (χ0) is 6.08. The van der Waals surface area contributed by atoms with Crippen LogP contribution in [0.4, 0.5) is 0 Å². The van der Waals surface area contributed by atoms with Crippen molar-refractivity contribution in [1.82, 2.24) is 0 Å². The van der Waals surface area contributed by atoms with Gasteiger partial charge in [0.2, 0.25) is 0 Å². The summed E-state index contributed by atoms with van der Waals surface area (Å²) in [5.74, 6) is 0. The third-order valence-electron chi connectivity index (χ3n) is 1.06. The number of allylic oxidation sites excluding steroid dienone is 1. The molecular weight excluding hydrogens is 100 g/mol. The monoisotopic (exact) mass is 113 g/mol. The van der Waals surface area contributed by atoms with Crippen LogP contribution in [0.1, 0.15) is 0 Å². The summed E-state index contributed by atoms with van der Waals surface area (Å²) in [5.41, 5.74) is 0. The van der Waals surface area contributed by atoms with Gasteiger partial charge in [-0.15, -0.1) is 6.58 Å². The van der Waals surface area contributed by atoms with Crippen LogP contribution in [0.15, 0.2) is 11.8 Å². The molecule has 0 amide bonds. The van der Waals surface area contributed by atoms with E-state index >= 15 is 0 Å².